The van der Waals surface area contributed by atoms with Gasteiger partial charge < -0.3 is 5.32 Å². The highest BCUT2D eigenvalue weighted by atomic mass is 35.5. The molecule has 0 saturated heterocycles. The fraction of sp³-hybridized carbons (Fsp3) is 0.429. The average molecular weight is 268 g/mol. The van der Waals surface area contributed by atoms with Crippen LogP contribution in [0, 0.1) is 11.8 Å². The second-order valence-electron chi connectivity index (χ2n) is 3.72. The van der Waals surface area contributed by atoms with Crippen LogP contribution in [0.5, 0.6) is 0 Å². The molecule has 92 valence electrons. The van der Waals surface area contributed by atoms with Gasteiger partial charge in [-0.25, -0.2) is 0 Å². The van der Waals surface area contributed by atoms with E-state index < -0.39 is 0 Å². The lowest BCUT2D eigenvalue weighted by atomic mass is 10.2. The van der Waals surface area contributed by atoms with Gasteiger partial charge in [-0.05, 0) is 44.7 Å². The third-order valence-corrected chi connectivity index (χ3v) is 3.89. The monoisotopic (exact) mass is 267 g/mol. The summed E-state index contributed by atoms with van der Waals surface area (Å²) in [6.07, 6.45) is 2.06. The first-order valence-corrected chi connectivity index (χ1v) is 7.08. The molecule has 0 amide bonds. The quantitative estimate of drug-likeness (QED) is 0.621. The standard InChI is InChI=1S/C14H18ClNS/c1-3-4-5-6-13(16-2)11-17-14-9-7-12(15)8-10-14/h7-10,13,16H,5-6,11H2,1-2H3. The summed E-state index contributed by atoms with van der Waals surface area (Å²) in [6.45, 7) is 1.89. The Morgan fingerprint density at radius 3 is 2.65 bits per heavy atom. The Morgan fingerprint density at radius 1 is 1.35 bits per heavy atom. The van der Waals surface area contributed by atoms with Gasteiger partial charge >= 0.3 is 0 Å². The summed E-state index contributed by atoms with van der Waals surface area (Å²) < 4.78 is 0. The van der Waals surface area contributed by atoms with Crippen LogP contribution in [0.4, 0.5) is 0 Å². The van der Waals surface area contributed by atoms with Crippen molar-refractivity contribution in [3.8, 4) is 11.8 Å². The number of nitrogens with one attached hydrogen (secondary N) is 1. The first-order valence-electron chi connectivity index (χ1n) is 5.71. The number of rotatable bonds is 6. The number of thioether (sulfide) groups is 1. The van der Waals surface area contributed by atoms with Gasteiger partial charge in [0.1, 0.15) is 0 Å². The van der Waals surface area contributed by atoms with Crippen molar-refractivity contribution in [2.75, 3.05) is 12.8 Å². The van der Waals surface area contributed by atoms with Crippen LogP contribution in [-0.4, -0.2) is 18.8 Å². The largest absolute Gasteiger partial charge is 0.316 e. The fourth-order valence-corrected chi connectivity index (χ4v) is 2.59. The first kappa shape index (κ1) is 14.4. The molecule has 0 aliphatic carbocycles. The molecule has 17 heavy (non-hydrogen) atoms. The number of hydrogen-bond acceptors (Lipinski definition) is 2. The maximum Gasteiger partial charge on any atom is 0.0406 e. The molecule has 0 aromatic heterocycles. The summed E-state index contributed by atoms with van der Waals surface area (Å²) in [4.78, 5) is 1.26. The highest BCUT2D eigenvalue weighted by Gasteiger charge is 2.05. The number of benzene rings is 1. The van der Waals surface area contributed by atoms with Gasteiger partial charge in [0, 0.05) is 28.1 Å². The average Bonchev–Trinajstić information content (AvgIpc) is 2.35. The first-order chi connectivity index (χ1) is 8.26. The predicted octanol–water partition coefficient (Wildman–Crippen LogP) is 3.82. The Morgan fingerprint density at radius 2 is 2.06 bits per heavy atom. The zero-order valence-electron chi connectivity index (χ0n) is 10.3. The minimum atomic E-state index is 0.511. The summed E-state index contributed by atoms with van der Waals surface area (Å²) >= 11 is 7.70. The van der Waals surface area contributed by atoms with E-state index in [4.69, 9.17) is 11.6 Å². The van der Waals surface area contributed by atoms with Gasteiger partial charge in [-0.2, -0.15) is 0 Å². The minimum absolute atomic E-state index is 0.511. The minimum Gasteiger partial charge on any atom is -0.316 e. The third kappa shape index (κ3) is 6.02. The van der Waals surface area contributed by atoms with Gasteiger partial charge in [0.2, 0.25) is 0 Å². The summed E-state index contributed by atoms with van der Waals surface area (Å²) in [5, 5.41) is 4.12. The number of halogens is 1. The Bertz CT molecular complexity index is 377. The summed E-state index contributed by atoms with van der Waals surface area (Å²) in [5.41, 5.74) is 0. The highest BCUT2D eigenvalue weighted by Crippen LogP contribution is 2.21. The van der Waals surface area contributed by atoms with Crippen molar-refractivity contribution >= 4 is 23.4 Å². The van der Waals surface area contributed by atoms with E-state index in [0.717, 1.165) is 23.6 Å². The lowest BCUT2D eigenvalue weighted by Crippen LogP contribution is -2.27. The van der Waals surface area contributed by atoms with E-state index in [-0.39, 0.29) is 0 Å². The van der Waals surface area contributed by atoms with Crippen molar-refractivity contribution in [2.45, 2.75) is 30.7 Å². The predicted molar refractivity (Wildman–Crippen MR) is 77.7 cm³/mol. The zero-order valence-corrected chi connectivity index (χ0v) is 11.9. The van der Waals surface area contributed by atoms with Crippen LogP contribution in [0.1, 0.15) is 19.8 Å². The van der Waals surface area contributed by atoms with E-state index in [1.54, 1.807) is 0 Å². The summed E-state index contributed by atoms with van der Waals surface area (Å²) in [6, 6.07) is 8.50. The van der Waals surface area contributed by atoms with Crippen LogP contribution >= 0.6 is 23.4 Å². The van der Waals surface area contributed by atoms with Gasteiger partial charge in [0.15, 0.2) is 0 Å². The smallest absolute Gasteiger partial charge is 0.0406 e. The van der Waals surface area contributed by atoms with Gasteiger partial charge in [0.05, 0.1) is 0 Å². The van der Waals surface area contributed by atoms with Crippen molar-refractivity contribution in [3.05, 3.63) is 29.3 Å². The summed E-state index contributed by atoms with van der Waals surface area (Å²) in [7, 11) is 2.01. The van der Waals surface area contributed by atoms with Crippen molar-refractivity contribution in [2.24, 2.45) is 0 Å². The van der Waals surface area contributed by atoms with Gasteiger partial charge in [-0.15, -0.1) is 23.6 Å². The maximum absolute atomic E-state index is 5.85. The third-order valence-electron chi connectivity index (χ3n) is 2.47. The molecule has 1 nitrogen and oxygen atoms in total. The Kier molecular flexibility index (Phi) is 7.19. The van der Waals surface area contributed by atoms with Crippen LogP contribution in [0.15, 0.2) is 29.2 Å². The van der Waals surface area contributed by atoms with Crippen LogP contribution in [0.3, 0.4) is 0 Å². The van der Waals surface area contributed by atoms with Crippen molar-refractivity contribution in [1.29, 1.82) is 0 Å². The molecule has 0 bridgehead atoms. The second-order valence-corrected chi connectivity index (χ2v) is 5.25. The molecular formula is C14H18ClNS. The molecule has 1 unspecified atom stereocenters. The number of hydrogen-bond donors (Lipinski definition) is 1. The van der Waals surface area contributed by atoms with Gasteiger partial charge in [-0.3, -0.25) is 0 Å². The SMILES string of the molecule is CC#CCCC(CSc1ccc(Cl)cc1)NC. The lowest BCUT2D eigenvalue weighted by molar-refractivity contribution is 0.582. The fourth-order valence-electron chi connectivity index (χ4n) is 1.41. The van der Waals surface area contributed by atoms with Crippen LogP contribution in [0.2, 0.25) is 5.02 Å². The maximum atomic E-state index is 5.85. The topological polar surface area (TPSA) is 12.0 Å². The molecule has 0 spiro atoms. The van der Waals surface area contributed by atoms with Gasteiger partial charge in [-0.1, -0.05) is 11.6 Å². The van der Waals surface area contributed by atoms with E-state index in [1.165, 1.54) is 4.90 Å². The normalized spacial score (nSPS) is 11.7. The zero-order chi connectivity index (χ0) is 12.5. The van der Waals surface area contributed by atoms with Crippen LogP contribution in [0.25, 0.3) is 0 Å². The van der Waals surface area contributed by atoms with Crippen molar-refractivity contribution in [1.82, 2.24) is 5.32 Å². The van der Waals surface area contributed by atoms with E-state index >= 15 is 0 Å². The highest BCUT2D eigenvalue weighted by molar-refractivity contribution is 7.99. The van der Waals surface area contributed by atoms with E-state index in [1.807, 2.05) is 37.9 Å². The lowest BCUT2D eigenvalue weighted by Gasteiger charge is -2.14. The Hall–Kier alpha value is -0.620. The molecule has 0 aliphatic rings. The molecule has 0 saturated carbocycles. The van der Waals surface area contributed by atoms with Gasteiger partial charge in [0.25, 0.3) is 0 Å². The summed E-state index contributed by atoms with van der Waals surface area (Å²) in [5.74, 6) is 7.09. The van der Waals surface area contributed by atoms with E-state index in [9.17, 15) is 0 Å². The molecule has 1 atom stereocenters. The van der Waals surface area contributed by atoms with Crippen LogP contribution < -0.4 is 5.32 Å². The van der Waals surface area contributed by atoms with E-state index in [0.29, 0.717) is 6.04 Å². The Labute approximate surface area is 113 Å². The molecule has 3 heteroatoms. The molecule has 0 radical (unpaired) electrons. The second kappa shape index (κ2) is 8.47. The molecule has 0 fully saturated rings. The van der Waals surface area contributed by atoms with Crippen molar-refractivity contribution in [3.63, 3.8) is 0 Å². The Balaban J connectivity index is 2.35. The van der Waals surface area contributed by atoms with Crippen LogP contribution in [-0.2, 0) is 0 Å². The van der Waals surface area contributed by atoms with Crippen molar-refractivity contribution < 1.29 is 0 Å². The molecule has 0 aliphatic heterocycles. The molecule has 0 heterocycles. The molecule has 1 N–H and O–H groups in total. The molecular weight excluding hydrogens is 250 g/mol. The molecule has 1 rings (SSSR count). The van der Waals surface area contributed by atoms with E-state index in [2.05, 4.69) is 29.3 Å². The molecule has 1 aromatic carbocycles. The molecule has 1 aromatic rings.